The molecule has 0 radical (unpaired) electrons. The maximum absolute atomic E-state index is 14.4. The number of fused-ring (bicyclic) bond motifs is 4. The SMILES string of the molecule is COC(=O)C1C(c2ccccc2)[C@]2(c3ccc(OC)cc3)Oc3cc(C)cc(C)c3[C@@]1(O)C2=O. The monoisotopic (exact) mass is 458 g/mol. The summed E-state index contributed by atoms with van der Waals surface area (Å²) in [7, 11) is 2.83. The Bertz CT molecular complexity index is 1280. The van der Waals surface area contributed by atoms with Crippen molar-refractivity contribution in [2.75, 3.05) is 14.2 Å². The lowest BCUT2D eigenvalue weighted by atomic mass is 9.75. The average molecular weight is 459 g/mol. The number of rotatable bonds is 4. The molecule has 6 nitrogen and oxygen atoms in total. The van der Waals surface area contributed by atoms with Crippen molar-refractivity contribution >= 4 is 11.8 Å². The highest BCUT2D eigenvalue weighted by atomic mass is 16.5. The predicted octanol–water partition coefficient (Wildman–Crippen LogP) is 3.94. The molecule has 174 valence electrons. The molecule has 3 aromatic carbocycles. The minimum Gasteiger partial charge on any atom is -0.497 e. The molecule has 0 spiro atoms. The van der Waals surface area contributed by atoms with Crippen molar-refractivity contribution in [2.24, 2.45) is 5.92 Å². The minimum absolute atomic E-state index is 0.320. The third-order valence-electron chi connectivity index (χ3n) is 7.13. The topological polar surface area (TPSA) is 82.1 Å². The van der Waals surface area contributed by atoms with Crippen LogP contribution in [0.15, 0.2) is 66.7 Å². The van der Waals surface area contributed by atoms with E-state index in [1.165, 1.54) is 7.11 Å². The van der Waals surface area contributed by atoms with Gasteiger partial charge in [-0.1, -0.05) is 48.5 Å². The van der Waals surface area contributed by atoms with Crippen molar-refractivity contribution in [3.05, 3.63) is 94.5 Å². The Morgan fingerprint density at radius 3 is 2.29 bits per heavy atom. The van der Waals surface area contributed by atoms with E-state index in [2.05, 4.69) is 0 Å². The lowest BCUT2D eigenvalue weighted by molar-refractivity contribution is -0.162. The van der Waals surface area contributed by atoms with E-state index in [4.69, 9.17) is 14.2 Å². The van der Waals surface area contributed by atoms with Gasteiger partial charge in [0.2, 0.25) is 11.4 Å². The van der Waals surface area contributed by atoms with Crippen LogP contribution in [-0.4, -0.2) is 31.1 Å². The fraction of sp³-hybridized carbons (Fsp3) is 0.286. The number of Topliss-reactive ketones (excluding diaryl/α,β-unsaturated/α-hetero) is 1. The second-order valence-electron chi connectivity index (χ2n) is 9.01. The summed E-state index contributed by atoms with van der Waals surface area (Å²) in [6, 6.07) is 19.9. The van der Waals surface area contributed by atoms with E-state index in [1.807, 2.05) is 50.2 Å². The molecule has 2 bridgehead atoms. The quantitative estimate of drug-likeness (QED) is 0.597. The summed E-state index contributed by atoms with van der Waals surface area (Å²) in [5, 5.41) is 12.3. The molecule has 3 aromatic rings. The van der Waals surface area contributed by atoms with Gasteiger partial charge >= 0.3 is 5.97 Å². The molecule has 2 unspecified atom stereocenters. The highest BCUT2D eigenvalue weighted by molar-refractivity contribution is 6.07. The molecule has 0 saturated heterocycles. The number of ether oxygens (including phenoxy) is 3. The number of benzene rings is 3. The average Bonchev–Trinajstić information content (AvgIpc) is 2.96. The number of esters is 1. The molecule has 34 heavy (non-hydrogen) atoms. The molecule has 4 atom stereocenters. The number of aryl methyl sites for hydroxylation is 2. The van der Waals surface area contributed by atoms with E-state index in [9.17, 15) is 14.7 Å². The lowest BCUT2D eigenvalue weighted by Gasteiger charge is -2.40. The van der Waals surface area contributed by atoms with Crippen molar-refractivity contribution in [1.29, 1.82) is 0 Å². The maximum Gasteiger partial charge on any atom is 0.313 e. The third kappa shape index (κ3) is 2.78. The van der Waals surface area contributed by atoms with Crippen molar-refractivity contribution in [2.45, 2.75) is 31.0 Å². The molecule has 1 N–H and O–H groups in total. The number of hydrogen-bond donors (Lipinski definition) is 1. The Labute approximate surface area is 198 Å². The van der Waals surface area contributed by atoms with Crippen LogP contribution in [0.1, 0.15) is 33.7 Å². The number of hydrogen-bond acceptors (Lipinski definition) is 6. The van der Waals surface area contributed by atoms with Gasteiger partial charge in [0.25, 0.3) is 0 Å². The van der Waals surface area contributed by atoms with Gasteiger partial charge in [-0.3, -0.25) is 9.59 Å². The highest BCUT2D eigenvalue weighted by Crippen LogP contribution is 2.65. The summed E-state index contributed by atoms with van der Waals surface area (Å²) in [5.41, 5.74) is -0.628. The molecule has 0 aromatic heterocycles. The number of ketones is 1. The first kappa shape index (κ1) is 22.2. The molecule has 1 heterocycles. The van der Waals surface area contributed by atoms with Crippen LogP contribution in [0.2, 0.25) is 0 Å². The van der Waals surface area contributed by atoms with Crippen LogP contribution in [0.4, 0.5) is 0 Å². The first-order chi connectivity index (χ1) is 16.3. The zero-order valence-electron chi connectivity index (χ0n) is 19.5. The Morgan fingerprint density at radius 2 is 1.68 bits per heavy atom. The minimum atomic E-state index is -2.13. The number of aliphatic hydroxyl groups is 1. The number of carbonyl (C=O) groups excluding carboxylic acids is 2. The molecular weight excluding hydrogens is 432 g/mol. The van der Waals surface area contributed by atoms with E-state index < -0.39 is 34.8 Å². The lowest BCUT2D eigenvalue weighted by Crippen LogP contribution is -2.51. The fourth-order valence-corrected chi connectivity index (χ4v) is 5.82. The van der Waals surface area contributed by atoms with Gasteiger partial charge in [0, 0.05) is 11.1 Å². The first-order valence-corrected chi connectivity index (χ1v) is 11.1. The van der Waals surface area contributed by atoms with E-state index in [-0.39, 0.29) is 0 Å². The third-order valence-corrected chi connectivity index (χ3v) is 7.13. The molecule has 0 amide bonds. The molecule has 1 fully saturated rings. The zero-order chi connectivity index (χ0) is 24.3. The van der Waals surface area contributed by atoms with Crippen LogP contribution in [0, 0.1) is 19.8 Å². The van der Waals surface area contributed by atoms with Gasteiger partial charge < -0.3 is 19.3 Å². The summed E-state index contributed by atoms with van der Waals surface area (Å²) >= 11 is 0. The van der Waals surface area contributed by atoms with Crippen molar-refractivity contribution in [1.82, 2.24) is 0 Å². The van der Waals surface area contributed by atoms with Crippen molar-refractivity contribution in [3.63, 3.8) is 0 Å². The standard InChI is InChI=1S/C28H26O6/c1-16-14-17(2)22-21(15-16)34-28(19-10-12-20(32-3)13-11-19)23(18-8-6-5-7-9-18)24(25(29)33-4)27(22,31)26(28)30/h5-15,23-24,31H,1-4H3/t23?,24?,27-,28-/m0/s1. The van der Waals surface area contributed by atoms with Gasteiger partial charge in [-0.2, -0.15) is 0 Å². The fourth-order valence-electron chi connectivity index (χ4n) is 5.82. The maximum atomic E-state index is 14.4. The summed E-state index contributed by atoms with van der Waals surface area (Å²) in [6.45, 7) is 3.73. The molecule has 5 rings (SSSR count). The van der Waals surface area contributed by atoms with Crippen LogP contribution in [0.5, 0.6) is 11.5 Å². The molecular formula is C28H26O6. The first-order valence-electron chi connectivity index (χ1n) is 11.1. The van der Waals surface area contributed by atoms with Crippen LogP contribution in [0.3, 0.4) is 0 Å². The molecule has 1 aliphatic heterocycles. The highest BCUT2D eigenvalue weighted by Gasteiger charge is 2.76. The molecule has 1 aliphatic carbocycles. The smallest absolute Gasteiger partial charge is 0.313 e. The Morgan fingerprint density at radius 1 is 1.00 bits per heavy atom. The van der Waals surface area contributed by atoms with Crippen molar-refractivity contribution < 1.29 is 28.9 Å². The summed E-state index contributed by atoms with van der Waals surface area (Å²) in [5.74, 6) is -2.28. The van der Waals surface area contributed by atoms with E-state index in [0.29, 0.717) is 33.8 Å². The van der Waals surface area contributed by atoms with Gasteiger partial charge in [-0.25, -0.2) is 0 Å². The van der Waals surface area contributed by atoms with Gasteiger partial charge in [0.15, 0.2) is 5.60 Å². The van der Waals surface area contributed by atoms with E-state index in [0.717, 1.165) is 5.56 Å². The van der Waals surface area contributed by atoms with Crippen LogP contribution >= 0.6 is 0 Å². The van der Waals surface area contributed by atoms with Crippen molar-refractivity contribution in [3.8, 4) is 11.5 Å². The van der Waals surface area contributed by atoms with Crippen LogP contribution < -0.4 is 9.47 Å². The van der Waals surface area contributed by atoms with Gasteiger partial charge in [0.05, 0.1) is 20.1 Å². The predicted molar refractivity (Wildman–Crippen MR) is 125 cm³/mol. The van der Waals surface area contributed by atoms with E-state index in [1.54, 1.807) is 37.4 Å². The number of carbonyl (C=O) groups is 2. The molecule has 6 heteroatoms. The Balaban J connectivity index is 1.89. The summed E-state index contributed by atoms with van der Waals surface area (Å²) < 4.78 is 17.1. The largest absolute Gasteiger partial charge is 0.497 e. The van der Waals surface area contributed by atoms with Crippen LogP contribution in [0.25, 0.3) is 0 Å². The Kier molecular flexibility index (Phi) is 5.02. The summed E-state index contributed by atoms with van der Waals surface area (Å²) in [4.78, 5) is 27.7. The zero-order valence-corrected chi connectivity index (χ0v) is 19.5. The van der Waals surface area contributed by atoms with Gasteiger partial charge in [-0.05, 0) is 48.7 Å². The normalized spacial score (nSPS) is 27.0. The van der Waals surface area contributed by atoms with E-state index >= 15 is 0 Å². The van der Waals surface area contributed by atoms with Gasteiger partial charge in [-0.15, -0.1) is 0 Å². The molecule has 1 saturated carbocycles. The van der Waals surface area contributed by atoms with Gasteiger partial charge in [0.1, 0.15) is 17.4 Å². The second kappa shape index (κ2) is 7.71. The summed E-state index contributed by atoms with van der Waals surface area (Å²) in [6.07, 6.45) is 0. The Hall–Kier alpha value is -3.64. The second-order valence-corrected chi connectivity index (χ2v) is 9.01. The molecule has 2 aliphatic rings. The number of methoxy groups -OCH3 is 2. The van der Waals surface area contributed by atoms with Crippen LogP contribution in [-0.2, 0) is 25.5 Å².